The van der Waals surface area contributed by atoms with Crippen LogP contribution in [0.15, 0.2) is 55.0 Å². The van der Waals surface area contributed by atoms with Gasteiger partial charge in [0, 0.05) is 43.2 Å². The van der Waals surface area contributed by atoms with Gasteiger partial charge in [-0.25, -0.2) is 8.78 Å². The van der Waals surface area contributed by atoms with Crippen molar-refractivity contribution in [1.82, 2.24) is 25.4 Å². The second-order valence-corrected chi connectivity index (χ2v) is 7.59. The average molecular weight is 411 g/mol. The van der Waals surface area contributed by atoms with E-state index in [0.717, 1.165) is 22.4 Å². The number of hydrogen-bond acceptors (Lipinski definition) is 4. The number of alkyl halides is 1. The summed E-state index contributed by atoms with van der Waals surface area (Å²) in [4.78, 5) is 18.4. The average Bonchev–Trinajstić information content (AvgIpc) is 3.21. The highest BCUT2D eigenvalue weighted by atomic mass is 19.1. The number of benzene rings is 1. The molecule has 156 valence electrons. The first kappa shape index (κ1) is 20.2. The number of H-pyrrole nitrogens is 1. The Morgan fingerprint density at radius 3 is 2.73 bits per heavy atom. The predicted molar refractivity (Wildman–Crippen MR) is 108 cm³/mol. The molecule has 8 heteroatoms. The van der Waals surface area contributed by atoms with Crippen molar-refractivity contribution in [3.05, 3.63) is 71.9 Å². The minimum absolute atomic E-state index is 0.0171. The normalized spacial score (nSPS) is 19.5. The number of carbonyl (C=O) groups excluding carboxylic acids is 1. The van der Waals surface area contributed by atoms with E-state index < -0.39 is 11.6 Å². The van der Waals surface area contributed by atoms with Crippen molar-refractivity contribution < 1.29 is 13.6 Å². The Morgan fingerprint density at radius 1 is 1.20 bits per heavy atom. The van der Waals surface area contributed by atoms with Crippen molar-refractivity contribution in [3.63, 3.8) is 0 Å². The monoisotopic (exact) mass is 411 g/mol. The Balaban J connectivity index is 1.41. The Kier molecular flexibility index (Phi) is 5.85. The topological polar surface area (TPSA) is 73.9 Å². The number of aromatic amines is 1. The predicted octanol–water partition coefficient (Wildman–Crippen LogP) is 3.23. The van der Waals surface area contributed by atoms with Crippen LogP contribution < -0.4 is 5.32 Å². The van der Waals surface area contributed by atoms with Crippen LogP contribution in [0.4, 0.5) is 8.78 Å². The summed E-state index contributed by atoms with van der Waals surface area (Å²) in [5, 5.41) is 9.74. The third-order valence-electron chi connectivity index (χ3n) is 5.38. The van der Waals surface area contributed by atoms with Crippen LogP contribution in [0.5, 0.6) is 0 Å². The van der Waals surface area contributed by atoms with Gasteiger partial charge in [0.2, 0.25) is 5.67 Å². The first-order valence-electron chi connectivity index (χ1n) is 9.90. The van der Waals surface area contributed by atoms with Gasteiger partial charge in [-0.15, -0.1) is 0 Å². The Morgan fingerprint density at radius 2 is 1.97 bits per heavy atom. The Labute approximate surface area is 173 Å². The van der Waals surface area contributed by atoms with E-state index in [-0.39, 0.29) is 25.3 Å². The lowest BCUT2D eigenvalue weighted by molar-refractivity contribution is -0.137. The van der Waals surface area contributed by atoms with Crippen LogP contribution in [0.3, 0.4) is 0 Å². The fourth-order valence-electron chi connectivity index (χ4n) is 3.80. The molecule has 1 fully saturated rings. The fourth-order valence-corrected chi connectivity index (χ4v) is 3.80. The number of amides is 1. The van der Waals surface area contributed by atoms with Gasteiger partial charge in [0.25, 0.3) is 5.91 Å². The fraction of sp³-hybridized carbons (Fsp3) is 0.318. The second-order valence-electron chi connectivity index (χ2n) is 7.59. The summed E-state index contributed by atoms with van der Waals surface area (Å²) >= 11 is 0. The molecule has 6 nitrogen and oxygen atoms in total. The molecule has 0 aliphatic carbocycles. The standard InChI is InChI=1S/C22H23F2N5O/c23-19-4-2-17(3-5-19)20-18(13-27-28-20)14-29-11-1-8-22(24,15-29)21(30)26-12-16-6-9-25-10-7-16/h2-7,9-10,13H,1,8,11-12,14-15H2,(H,26,30)(H,27,28). The number of likely N-dealkylation sites (tertiary alicyclic amines) is 1. The molecule has 0 saturated carbocycles. The molecule has 2 aromatic heterocycles. The van der Waals surface area contributed by atoms with E-state index in [4.69, 9.17) is 0 Å². The van der Waals surface area contributed by atoms with Crippen molar-refractivity contribution in [2.24, 2.45) is 0 Å². The summed E-state index contributed by atoms with van der Waals surface area (Å²) in [5.74, 6) is -0.897. The Hall–Kier alpha value is -3.13. The largest absolute Gasteiger partial charge is 0.349 e. The van der Waals surface area contributed by atoms with Crippen LogP contribution in [0.25, 0.3) is 11.3 Å². The van der Waals surface area contributed by atoms with Crippen LogP contribution in [0.1, 0.15) is 24.0 Å². The zero-order chi connectivity index (χ0) is 21.0. The maximum absolute atomic E-state index is 15.5. The smallest absolute Gasteiger partial charge is 0.259 e. The van der Waals surface area contributed by atoms with Crippen LogP contribution >= 0.6 is 0 Å². The van der Waals surface area contributed by atoms with Gasteiger partial charge in [-0.05, 0) is 61.3 Å². The molecule has 1 aromatic carbocycles. The molecule has 3 heterocycles. The molecule has 0 radical (unpaired) electrons. The summed E-state index contributed by atoms with van der Waals surface area (Å²) in [5.41, 5.74) is 1.39. The summed E-state index contributed by atoms with van der Waals surface area (Å²) in [6.45, 7) is 1.43. The third kappa shape index (κ3) is 4.54. The molecule has 1 amide bonds. The zero-order valence-corrected chi connectivity index (χ0v) is 16.4. The third-order valence-corrected chi connectivity index (χ3v) is 5.38. The van der Waals surface area contributed by atoms with E-state index in [9.17, 15) is 9.18 Å². The molecule has 4 rings (SSSR count). The van der Waals surface area contributed by atoms with Crippen LogP contribution in [0.2, 0.25) is 0 Å². The number of pyridine rings is 1. The van der Waals surface area contributed by atoms with Gasteiger partial charge in [-0.1, -0.05) is 0 Å². The van der Waals surface area contributed by atoms with E-state index >= 15 is 4.39 Å². The maximum atomic E-state index is 15.5. The number of nitrogens with zero attached hydrogens (tertiary/aromatic N) is 3. The molecular weight excluding hydrogens is 388 g/mol. The molecule has 1 unspecified atom stereocenters. The molecule has 0 bridgehead atoms. The van der Waals surface area contributed by atoms with Gasteiger partial charge < -0.3 is 5.32 Å². The first-order valence-corrected chi connectivity index (χ1v) is 9.90. The summed E-state index contributed by atoms with van der Waals surface area (Å²) < 4.78 is 28.7. The van der Waals surface area contributed by atoms with E-state index in [2.05, 4.69) is 20.5 Å². The van der Waals surface area contributed by atoms with Crippen molar-refractivity contribution in [1.29, 1.82) is 0 Å². The van der Waals surface area contributed by atoms with Crippen LogP contribution in [-0.4, -0.2) is 44.7 Å². The summed E-state index contributed by atoms with van der Waals surface area (Å²) in [6.07, 6.45) is 5.75. The molecular formula is C22H23F2N5O. The number of nitrogens with one attached hydrogen (secondary N) is 2. The van der Waals surface area contributed by atoms with E-state index in [1.165, 1.54) is 12.1 Å². The molecule has 1 aliphatic rings. The zero-order valence-electron chi connectivity index (χ0n) is 16.4. The lowest BCUT2D eigenvalue weighted by atomic mass is 9.93. The van der Waals surface area contributed by atoms with E-state index in [0.29, 0.717) is 19.5 Å². The van der Waals surface area contributed by atoms with E-state index in [1.54, 1.807) is 42.9 Å². The number of piperidine rings is 1. The van der Waals surface area contributed by atoms with Crippen LogP contribution in [0, 0.1) is 5.82 Å². The number of rotatable bonds is 6. The molecule has 1 saturated heterocycles. The molecule has 0 spiro atoms. The summed E-state index contributed by atoms with van der Waals surface area (Å²) in [6, 6.07) is 9.70. The SMILES string of the molecule is O=C(NCc1ccncc1)C1(F)CCCN(Cc2cn[nH]c2-c2ccc(F)cc2)C1. The molecule has 2 N–H and O–H groups in total. The van der Waals surface area contributed by atoms with Gasteiger partial charge in [0.1, 0.15) is 5.82 Å². The minimum atomic E-state index is -1.94. The highest BCUT2D eigenvalue weighted by Crippen LogP contribution is 2.29. The number of carbonyl (C=O) groups is 1. The molecule has 1 atom stereocenters. The van der Waals surface area contributed by atoms with Crippen LogP contribution in [-0.2, 0) is 17.9 Å². The van der Waals surface area contributed by atoms with Crippen molar-refractivity contribution >= 4 is 5.91 Å². The summed E-state index contributed by atoms with van der Waals surface area (Å²) in [7, 11) is 0. The second kappa shape index (κ2) is 8.71. The molecule has 1 aliphatic heterocycles. The van der Waals surface area contributed by atoms with Gasteiger partial charge in [0.15, 0.2) is 0 Å². The minimum Gasteiger partial charge on any atom is -0.349 e. The van der Waals surface area contributed by atoms with Gasteiger partial charge in [-0.3, -0.25) is 19.8 Å². The first-order chi connectivity index (χ1) is 14.5. The lowest BCUT2D eigenvalue weighted by Gasteiger charge is -2.36. The van der Waals surface area contributed by atoms with Crippen molar-refractivity contribution in [2.75, 3.05) is 13.1 Å². The lowest BCUT2D eigenvalue weighted by Crippen LogP contribution is -2.53. The van der Waals surface area contributed by atoms with Gasteiger partial charge in [-0.2, -0.15) is 5.10 Å². The quantitative estimate of drug-likeness (QED) is 0.653. The molecule has 3 aromatic rings. The van der Waals surface area contributed by atoms with Gasteiger partial charge >= 0.3 is 0 Å². The highest BCUT2D eigenvalue weighted by Gasteiger charge is 2.42. The number of halogens is 2. The highest BCUT2D eigenvalue weighted by molar-refractivity contribution is 5.85. The van der Waals surface area contributed by atoms with E-state index in [1.807, 2.05) is 4.90 Å². The number of aromatic nitrogens is 3. The van der Waals surface area contributed by atoms with Gasteiger partial charge in [0.05, 0.1) is 11.9 Å². The molecule has 30 heavy (non-hydrogen) atoms. The number of hydrogen-bond donors (Lipinski definition) is 2. The van der Waals surface area contributed by atoms with Crippen molar-refractivity contribution in [3.8, 4) is 11.3 Å². The Bertz CT molecular complexity index is 992. The van der Waals surface area contributed by atoms with Crippen molar-refractivity contribution in [2.45, 2.75) is 31.6 Å². The maximum Gasteiger partial charge on any atom is 0.259 e.